The lowest BCUT2D eigenvalue weighted by atomic mass is 10.1. The average Bonchev–Trinajstić information content (AvgIpc) is 2.00. The maximum absolute atomic E-state index is 5.88. The van der Waals surface area contributed by atoms with Crippen LogP contribution >= 0.6 is 38.5 Å². The molecule has 0 bridgehead atoms. The summed E-state index contributed by atoms with van der Waals surface area (Å²) in [5.41, 5.74) is 0.977. The molecule has 2 rings (SSSR count). The molecule has 0 amide bonds. The van der Waals surface area contributed by atoms with Crippen molar-refractivity contribution in [1.82, 2.24) is 0 Å². The summed E-state index contributed by atoms with van der Waals surface area (Å²) in [6.07, 6.45) is 0. The third-order valence-electron chi connectivity index (χ3n) is 2.10. The first kappa shape index (κ1) is 10.5. The van der Waals surface area contributed by atoms with Gasteiger partial charge in [0.1, 0.15) is 11.4 Å². The Morgan fingerprint density at radius 3 is 2.93 bits per heavy atom. The first-order chi connectivity index (χ1) is 6.48. The number of fused-ring (bicyclic) bond motifs is 1. The van der Waals surface area contributed by atoms with E-state index in [0.29, 0.717) is 0 Å². The predicted molar refractivity (Wildman–Crippen MR) is 70.1 cm³/mol. The molecule has 0 fully saturated rings. The molecule has 0 unspecified atom stereocenters. The largest absolute Gasteiger partial charge is 0.484 e. The van der Waals surface area contributed by atoms with E-state index in [1.54, 1.807) is 0 Å². The van der Waals surface area contributed by atoms with Gasteiger partial charge in [0.2, 0.25) is 0 Å². The van der Waals surface area contributed by atoms with Crippen LogP contribution in [0.1, 0.15) is 13.8 Å². The summed E-state index contributed by atoms with van der Waals surface area (Å²) in [6.45, 7) is 5.01. The summed E-state index contributed by atoms with van der Waals surface area (Å²) >= 11 is 5.77. The van der Waals surface area contributed by atoms with E-state index in [1.807, 2.05) is 6.07 Å². The van der Waals surface area contributed by atoms with Gasteiger partial charge in [-0.1, -0.05) is 15.9 Å². The van der Waals surface area contributed by atoms with Crippen molar-refractivity contribution in [1.29, 1.82) is 0 Å². The Morgan fingerprint density at radius 1 is 1.50 bits per heavy atom. The Bertz CT molecular complexity index is 379. The number of nitrogens with one attached hydrogen (secondary N) is 1. The quantitative estimate of drug-likeness (QED) is 0.707. The fourth-order valence-electron chi connectivity index (χ4n) is 1.44. The van der Waals surface area contributed by atoms with Crippen molar-refractivity contribution in [3.63, 3.8) is 0 Å². The third-order valence-corrected chi connectivity index (χ3v) is 3.40. The number of ether oxygens (including phenoxy) is 1. The number of benzene rings is 1. The molecule has 1 aromatic carbocycles. The van der Waals surface area contributed by atoms with Gasteiger partial charge in [-0.05, 0) is 48.6 Å². The van der Waals surface area contributed by atoms with Crippen molar-refractivity contribution in [2.45, 2.75) is 19.4 Å². The highest BCUT2D eigenvalue weighted by Crippen LogP contribution is 2.38. The monoisotopic (exact) mass is 367 g/mol. The number of hydrogen-bond donors (Lipinski definition) is 1. The Morgan fingerprint density at radius 2 is 2.21 bits per heavy atom. The van der Waals surface area contributed by atoms with Crippen molar-refractivity contribution in [2.24, 2.45) is 0 Å². The Balaban J connectivity index is 2.47. The molecule has 1 heterocycles. The van der Waals surface area contributed by atoms with Gasteiger partial charge in [-0.3, -0.25) is 0 Å². The standard InChI is InChI=1S/C10H11BrINO/c1-10(2)5-13-9-7(12)3-6(11)4-8(9)14-10/h3-4,13H,5H2,1-2H3. The zero-order chi connectivity index (χ0) is 10.3. The molecule has 0 aromatic heterocycles. The fraction of sp³-hybridized carbons (Fsp3) is 0.400. The van der Waals surface area contributed by atoms with Crippen LogP contribution in [0.3, 0.4) is 0 Å². The molecule has 0 atom stereocenters. The molecule has 1 aromatic rings. The van der Waals surface area contributed by atoms with Crippen LogP contribution in [0.2, 0.25) is 0 Å². The van der Waals surface area contributed by atoms with E-state index >= 15 is 0 Å². The summed E-state index contributed by atoms with van der Waals surface area (Å²) < 4.78 is 8.12. The highest BCUT2D eigenvalue weighted by Gasteiger charge is 2.27. The van der Waals surface area contributed by atoms with Gasteiger partial charge in [-0.15, -0.1) is 0 Å². The van der Waals surface area contributed by atoms with Crippen LogP contribution in [-0.2, 0) is 0 Å². The molecular formula is C10H11BrINO. The highest BCUT2D eigenvalue weighted by atomic mass is 127. The molecular weight excluding hydrogens is 357 g/mol. The van der Waals surface area contributed by atoms with Crippen LogP contribution in [0.5, 0.6) is 5.75 Å². The van der Waals surface area contributed by atoms with Crippen molar-refractivity contribution < 1.29 is 4.74 Å². The number of halogens is 2. The van der Waals surface area contributed by atoms with Crippen LogP contribution in [0, 0.1) is 3.57 Å². The Kier molecular flexibility index (Phi) is 2.68. The van der Waals surface area contributed by atoms with E-state index in [9.17, 15) is 0 Å². The second-order valence-electron chi connectivity index (χ2n) is 3.98. The summed E-state index contributed by atoms with van der Waals surface area (Å²) in [7, 11) is 0. The molecule has 0 saturated carbocycles. The van der Waals surface area contributed by atoms with E-state index in [1.165, 1.54) is 3.57 Å². The van der Waals surface area contributed by atoms with Crippen LogP contribution in [0.4, 0.5) is 5.69 Å². The molecule has 1 aliphatic rings. The van der Waals surface area contributed by atoms with Crippen LogP contribution < -0.4 is 10.1 Å². The minimum absolute atomic E-state index is 0.128. The van der Waals surface area contributed by atoms with Gasteiger partial charge in [-0.2, -0.15) is 0 Å². The summed E-state index contributed by atoms with van der Waals surface area (Å²) in [5.74, 6) is 0.931. The van der Waals surface area contributed by atoms with Gasteiger partial charge < -0.3 is 10.1 Å². The van der Waals surface area contributed by atoms with E-state index in [2.05, 4.69) is 63.8 Å². The molecule has 0 radical (unpaired) electrons. The van der Waals surface area contributed by atoms with Crippen molar-refractivity contribution in [2.75, 3.05) is 11.9 Å². The molecule has 76 valence electrons. The fourth-order valence-corrected chi connectivity index (χ4v) is 3.09. The minimum atomic E-state index is -0.128. The van der Waals surface area contributed by atoms with Gasteiger partial charge in [-0.25, -0.2) is 0 Å². The number of anilines is 1. The molecule has 14 heavy (non-hydrogen) atoms. The highest BCUT2D eigenvalue weighted by molar-refractivity contribution is 14.1. The maximum Gasteiger partial charge on any atom is 0.145 e. The van der Waals surface area contributed by atoms with Crippen LogP contribution in [0.15, 0.2) is 16.6 Å². The second-order valence-corrected chi connectivity index (χ2v) is 6.05. The second kappa shape index (κ2) is 3.56. The maximum atomic E-state index is 5.88. The zero-order valence-corrected chi connectivity index (χ0v) is 11.8. The summed E-state index contributed by atoms with van der Waals surface area (Å²) in [5, 5.41) is 3.40. The van der Waals surface area contributed by atoms with Crippen molar-refractivity contribution in [3.05, 3.63) is 20.2 Å². The van der Waals surface area contributed by atoms with Crippen LogP contribution in [-0.4, -0.2) is 12.1 Å². The van der Waals surface area contributed by atoms with E-state index in [0.717, 1.165) is 22.5 Å². The predicted octanol–water partition coefficient (Wildman–Crippen LogP) is 3.64. The SMILES string of the molecule is CC1(C)CNc2c(I)cc(Br)cc2O1. The Labute approximate surface area is 106 Å². The summed E-state index contributed by atoms with van der Waals surface area (Å²) in [6, 6.07) is 4.08. The van der Waals surface area contributed by atoms with Crippen LogP contribution in [0.25, 0.3) is 0 Å². The molecule has 0 spiro atoms. The lowest BCUT2D eigenvalue weighted by Gasteiger charge is -2.34. The smallest absolute Gasteiger partial charge is 0.145 e. The number of rotatable bonds is 0. The van der Waals surface area contributed by atoms with Crippen molar-refractivity contribution >= 4 is 44.2 Å². The molecule has 2 nitrogen and oxygen atoms in total. The topological polar surface area (TPSA) is 21.3 Å². The molecule has 0 saturated heterocycles. The van der Waals surface area contributed by atoms with Gasteiger partial charge in [0.25, 0.3) is 0 Å². The first-order valence-corrected chi connectivity index (χ1v) is 6.27. The minimum Gasteiger partial charge on any atom is -0.484 e. The number of hydrogen-bond acceptors (Lipinski definition) is 2. The van der Waals surface area contributed by atoms with Crippen molar-refractivity contribution in [3.8, 4) is 5.75 Å². The van der Waals surface area contributed by atoms with Gasteiger partial charge >= 0.3 is 0 Å². The lowest BCUT2D eigenvalue weighted by molar-refractivity contribution is 0.116. The Hall–Kier alpha value is 0.0300. The molecule has 1 N–H and O–H groups in total. The van der Waals surface area contributed by atoms with E-state index < -0.39 is 0 Å². The van der Waals surface area contributed by atoms with E-state index in [4.69, 9.17) is 4.74 Å². The molecule has 4 heteroatoms. The van der Waals surface area contributed by atoms with Gasteiger partial charge in [0, 0.05) is 8.04 Å². The zero-order valence-electron chi connectivity index (χ0n) is 8.03. The first-order valence-electron chi connectivity index (χ1n) is 4.40. The van der Waals surface area contributed by atoms with Gasteiger partial charge in [0.05, 0.1) is 12.2 Å². The lowest BCUT2D eigenvalue weighted by Crippen LogP contribution is -2.40. The third kappa shape index (κ3) is 2.00. The summed E-state index contributed by atoms with van der Waals surface area (Å²) in [4.78, 5) is 0. The molecule has 0 aliphatic carbocycles. The molecule has 1 aliphatic heterocycles. The average molecular weight is 368 g/mol. The van der Waals surface area contributed by atoms with E-state index in [-0.39, 0.29) is 5.60 Å². The normalized spacial score (nSPS) is 18.0. The van der Waals surface area contributed by atoms with Gasteiger partial charge in [0.15, 0.2) is 0 Å².